The maximum absolute atomic E-state index is 12.9. The van der Waals surface area contributed by atoms with E-state index < -0.39 is 5.63 Å². The number of benzene rings is 2. The minimum absolute atomic E-state index is 0.0704. The Hall–Kier alpha value is -3.08. The van der Waals surface area contributed by atoms with E-state index in [0.29, 0.717) is 36.4 Å². The number of amides is 1. The zero-order valence-corrected chi connectivity index (χ0v) is 14.5. The van der Waals surface area contributed by atoms with E-state index in [0.717, 1.165) is 12.0 Å². The fourth-order valence-corrected chi connectivity index (χ4v) is 3.34. The standard InChI is InChI=1S/C21H19NO4/c1-2-25-17-8-7-15-11-18(21(24)26-19(15)12-17)20(23)22-10-9-14-5-3-4-6-16(14)13-22/h3-8,11-12H,2,9-10,13H2,1H3. The minimum Gasteiger partial charge on any atom is -0.494 e. The number of ether oxygens (including phenoxy) is 1. The Bertz CT molecular complexity index is 1040. The van der Waals surface area contributed by atoms with Gasteiger partial charge >= 0.3 is 5.63 Å². The number of carbonyl (C=O) groups excluding carboxylic acids is 1. The molecule has 5 heteroatoms. The summed E-state index contributed by atoms with van der Waals surface area (Å²) in [5.41, 5.74) is 2.25. The number of hydrogen-bond donors (Lipinski definition) is 0. The van der Waals surface area contributed by atoms with Gasteiger partial charge in [0.15, 0.2) is 0 Å². The average molecular weight is 349 g/mol. The van der Waals surface area contributed by atoms with Crippen molar-refractivity contribution in [2.45, 2.75) is 19.9 Å². The molecule has 0 bridgehead atoms. The number of fused-ring (bicyclic) bond motifs is 2. The van der Waals surface area contributed by atoms with Gasteiger partial charge in [0.05, 0.1) is 6.61 Å². The predicted octanol–water partition coefficient (Wildman–Crippen LogP) is 3.39. The van der Waals surface area contributed by atoms with Crippen LogP contribution in [0.3, 0.4) is 0 Å². The zero-order valence-electron chi connectivity index (χ0n) is 14.5. The maximum atomic E-state index is 12.9. The van der Waals surface area contributed by atoms with Crippen molar-refractivity contribution in [3.05, 3.63) is 75.6 Å². The molecule has 2 heterocycles. The third-order valence-corrected chi connectivity index (χ3v) is 4.67. The first-order valence-electron chi connectivity index (χ1n) is 8.72. The van der Waals surface area contributed by atoms with Crippen molar-refractivity contribution in [3.8, 4) is 5.75 Å². The largest absolute Gasteiger partial charge is 0.494 e. The summed E-state index contributed by atoms with van der Waals surface area (Å²) < 4.78 is 10.8. The van der Waals surface area contributed by atoms with Crippen LogP contribution in [-0.4, -0.2) is 24.0 Å². The van der Waals surface area contributed by atoms with Crippen LogP contribution in [0.1, 0.15) is 28.4 Å². The van der Waals surface area contributed by atoms with E-state index in [1.54, 1.807) is 29.2 Å². The molecule has 0 unspecified atom stereocenters. The quantitative estimate of drug-likeness (QED) is 0.680. The molecule has 1 amide bonds. The molecule has 0 spiro atoms. The van der Waals surface area contributed by atoms with Crippen molar-refractivity contribution in [3.63, 3.8) is 0 Å². The van der Waals surface area contributed by atoms with Crippen LogP contribution >= 0.6 is 0 Å². The van der Waals surface area contributed by atoms with Gasteiger partial charge in [-0.25, -0.2) is 4.79 Å². The Balaban J connectivity index is 1.66. The zero-order chi connectivity index (χ0) is 18.1. The van der Waals surface area contributed by atoms with Gasteiger partial charge in [0.1, 0.15) is 16.9 Å². The van der Waals surface area contributed by atoms with Gasteiger partial charge < -0.3 is 14.1 Å². The van der Waals surface area contributed by atoms with Crippen molar-refractivity contribution in [2.24, 2.45) is 0 Å². The molecule has 0 N–H and O–H groups in total. The van der Waals surface area contributed by atoms with E-state index in [-0.39, 0.29) is 11.5 Å². The lowest BCUT2D eigenvalue weighted by Gasteiger charge is -2.28. The van der Waals surface area contributed by atoms with Gasteiger partial charge in [0.25, 0.3) is 5.91 Å². The second kappa shape index (κ2) is 6.67. The molecule has 26 heavy (non-hydrogen) atoms. The third kappa shape index (κ3) is 2.96. The van der Waals surface area contributed by atoms with Crippen LogP contribution in [0.5, 0.6) is 5.75 Å². The fourth-order valence-electron chi connectivity index (χ4n) is 3.34. The molecule has 5 nitrogen and oxygen atoms in total. The number of hydrogen-bond acceptors (Lipinski definition) is 4. The molecule has 1 aliphatic heterocycles. The highest BCUT2D eigenvalue weighted by Crippen LogP contribution is 2.23. The molecule has 0 radical (unpaired) electrons. The Morgan fingerprint density at radius 1 is 1.15 bits per heavy atom. The lowest BCUT2D eigenvalue weighted by molar-refractivity contribution is 0.0730. The first-order valence-corrected chi connectivity index (χ1v) is 8.72. The molecule has 0 atom stereocenters. The van der Waals surface area contributed by atoms with Crippen molar-refractivity contribution in [1.82, 2.24) is 4.90 Å². The Morgan fingerprint density at radius 3 is 2.77 bits per heavy atom. The highest BCUT2D eigenvalue weighted by atomic mass is 16.5. The SMILES string of the molecule is CCOc1ccc2cc(C(=O)N3CCc4ccccc4C3)c(=O)oc2c1. The van der Waals surface area contributed by atoms with Gasteiger partial charge in [-0.05, 0) is 42.7 Å². The van der Waals surface area contributed by atoms with Crippen molar-refractivity contribution >= 4 is 16.9 Å². The fraction of sp³-hybridized carbons (Fsp3) is 0.238. The van der Waals surface area contributed by atoms with Gasteiger partial charge in [0, 0.05) is 24.5 Å². The van der Waals surface area contributed by atoms with Gasteiger partial charge in [0.2, 0.25) is 0 Å². The van der Waals surface area contributed by atoms with Crippen LogP contribution < -0.4 is 10.4 Å². The molecule has 0 saturated heterocycles. The molecule has 1 aliphatic rings. The summed E-state index contributed by atoms with van der Waals surface area (Å²) in [4.78, 5) is 27.0. The summed E-state index contributed by atoms with van der Waals surface area (Å²) in [6.45, 7) is 3.52. The van der Waals surface area contributed by atoms with E-state index >= 15 is 0 Å². The maximum Gasteiger partial charge on any atom is 0.349 e. The predicted molar refractivity (Wildman–Crippen MR) is 98.5 cm³/mol. The lowest BCUT2D eigenvalue weighted by atomic mass is 9.99. The molecule has 0 fully saturated rings. The van der Waals surface area contributed by atoms with E-state index in [9.17, 15) is 9.59 Å². The second-order valence-electron chi connectivity index (χ2n) is 6.33. The molecular weight excluding hydrogens is 330 g/mol. The van der Waals surface area contributed by atoms with Crippen molar-refractivity contribution in [1.29, 1.82) is 0 Å². The van der Waals surface area contributed by atoms with Crippen LogP contribution in [-0.2, 0) is 13.0 Å². The summed E-state index contributed by atoms with van der Waals surface area (Å²) in [7, 11) is 0. The van der Waals surface area contributed by atoms with E-state index in [4.69, 9.17) is 9.15 Å². The number of carbonyl (C=O) groups is 1. The summed E-state index contributed by atoms with van der Waals surface area (Å²) in [5, 5.41) is 0.703. The van der Waals surface area contributed by atoms with Gasteiger partial charge in [-0.2, -0.15) is 0 Å². The van der Waals surface area contributed by atoms with Gasteiger partial charge in [-0.1, -0.05) is 24.3 Å². The third-order valence-electron chi connectivity index (χ3n) is 4.67. The molecule has 2 aromatic carbocycles. The Labute approximate surface area is 150 Å². The first-order chi connectivity index (χ1) is 12.7. The van der Waals surface area contributed by atoms with Gasteiger partial charge in [-0.3, -0.25) is 4.79 Å². The summed E-state index contributed by atoms with van der Waals surface area (Å²) in [6, 6.07) is 15.0. The van der Waals surface area contributed by atoms with Crippen LogP contribution in [0.2, 0.25) is 0 Å². The first kappa shape index (κ1) is 16.4. The van der Waals surface area contributed by atoms with Crippen molar-refractivity contribution < 1.29 is 13.9 Å². The van der Waals surface area contributed by atoms with E-state index in [1.165, 1.54) is 5.56 Å². The monoisotopic (exact) mass is 349 g/mol. The molecule has 0 saturated carbocycles. The summed E-state index contributed by atoms with van der Waals surface area (Å²) >= 11 is 0. The van der Waals surface area contributed by atoms with E-state index in [2.05, 4.69) is 6.07 Å². The number of rotatable bonds is 3. The topological polar surface area (TPSA) is 59.8 Å². The smallest absolute Gasteiger partial charge is 0.349 e. The number of nitrogens with zero attached hydrogens (tertiary/aromatic N) is 1. The van der Waals surface area contributed by atoms with Crippen LogP contribution in [0.4, 0.5) is 0 Å². The highest BCUT2D eigenvalue weighted by Gasteiger charge is 2.24. The summed E-state index contributed by atoms with van der Waals surface area (Å²) in [5.74, 6) is 0.346. The Morgan fingerprint density at radius 2 is 1.96 bits per heavy atom. The molecule has 3 aromatic rings. The minimum atomic E-state index is -0.616. The average Bonchev–Trinajstić information content (AvgIpc) is 2.67. The lowest BCUT2D eigenvalue weighted by Crippen LogP contribution is -2.38. The van der Waals surface area contributed by atoms with Gasteiger partial charge in [-0.15, -0.1) is 0 Å². The highest BCUT2D eigenvalue weighted by molar-refractivity contribution is 5.96. The van der Waals surface area contributed by atoms with Crippen LogP contribution in [0.15, 0.2) is 57.7 Å². The molecule has 0 aliphatic carbocycles. The van der Waals surface area contributed by atoms with E-state index in [1.807, 2.05) is 25.1 Å². The van der Waals surface area contributed by atoms with Crippen LogP contribution in [0, 0.1) is 0 Å². The normalized spacial score (nSPS) is 13.5. The molecular formula is C21H19NO4. The molecule has 1 aromatic heterocycles. The molecule has 4 rings (SSSR count). The molecule has 132 valence electrons. The Kier molecular flexibility index (Phi) is 4.21. The van der Waals surface area contributed by atoms with Crippen LogP contribution in [0.25, 0.3) is 11.0 Å². The second-order valence-corrected chi connectivity index (χ2v) is 6.33. The summed E-state index contributed by atoms with van der Waals surface area (Å²) in [6.07, 6.45) is 0.790. The van der Waals surface area contributed by atoms with Crippen molar-refractivity contribution in [2.75, 3.05) is 13.2 Å².